The molecule has 0 saturated heterocycles. The molecule has 0 spiro atoms. The van der Waals surface area contributed by atoms with Gasteiger partial charge < -0.3 is 4.42 Å². The Kier molecular flexibility index (Phi) is 4.09. The van der Waals surface area contributed by atoms with Crippen molar-refractivity contribution in [3.8, 4) is 0 Å². The van der Waals surface area contributed by atoms with Gasteiger partial charge in [-0.05, 0) is 41.1 Å². The van der Waals surface area contributed by atoms with Gasteiger partial charge in [0, 0.05) is 16.8 Å². The SMILES string of the molecule is CCCCc1oc(=O)c2cc(Cl)ccc2c1I. The predicted molar refractivity (Wildman–Crippen MR) is 78.8 cm³/mol. The number of aryl methyl sites for hydroxylation is 1. The highest BCUT2D eigenvalue weighted by atomic mass is 127. The van der Waals surface area contributed by atoms with Gasteiger partial charge in [-0.1, -0.05) is 31.0 Å². The van der Waals surface area contributed by atoms with Crippen molar-refractivity contribution in [3.05, 3.63) is 43.0 Å². The van der Waals surface area contributed by atoms with E-state index in [0.717, 1.165) is 34.0 Å². The molecule has 0 amide bonds. The van der Waals surface area contributed by atoms with E-state index >= 15 is 0 Å². The molecule has 0 unspecified atom stereocenters. The molecule has 0 saturated carbocycles. The van der Waals surface area contributed by atoms with Crippen LogP contribution in [-0.2, 0) is 6.42 Å². The molecule has 0 aliphatic rings. The summed E-state index contributed by atoms with van der Waals surface area (Å²) in [6.45, 7) is 2.12. The second kappa shape index (κ2) is 5.40. The van der Waals surface area contributed by atoms with E-state index in [9.17, 15) is 4.79 Å². The third kappa shape index (κ3) is 2.65. The third-order valence-corrected chi connectivity index (χ3v) is 4.07. The Hall–Kier alpha value is -0.550. The highest BCUT2D eigenvalue weighted by Gasteiger charge is 2.11. The Balaban J connectivity index is 2.64. The molecular weight excluding hydrogens is 350 g/mol. The van der Waals surface area contributed by atoms with E-state index < -0.39 is 0 Å². The Morgan fingerprint density at radius 3 is 2.82 bits per heavy atom. The fourth-order valence-electron chi connectivity index (χ4n) is 1.74. The molecular formula is C13H12ClIO2. The largest absolute Gasteiger partial charge is 0.426 e. The number of fused-ring (bicyclic) bond motifs is 1. The number of unbranched alkanes of at least 4 members (excludes halogenated alkanes) is 1. The number of benzene rings is 1. The van der Waals surface area contributed by atoms with Crippen molar-refractivity contribution in [3.63, 3.8) is 0 Å². The summed E-state index contributed by atoms with van der Waals surface area (Å²) >= 11 is 8.11. The molecule has 0 atom stereocenters. The van der Waals surface area contributed by atoms with Crippen molar-refractivity contribution in [1.29, 1.82) is 0 Å². The summed E-state index contributed by atoms with van der Waals surface area (Å²) in [6.07, 6.45) is 2.92. The molecule has 2 rings (SSSR count). The first-order valence-corrected chi connectivity index (χ1v) is 7.00. The maximum Gasteiger partial charge on any atom is 0.343 e. The molecule has 0 aliphatic carbocycles. The van der Waals surface area contributed by atoms with Crippen LogP contribution in [-0.4, -0.2) is 0 Å². The first-order valence-electron chi connectivity index (χ1n) is 5.54. The van der Waals surface area contributed by atoms with E-state index in [2.05, 4.69) is 29.5 Å². The van der Waals surface area contributed by atoms with E-state index in [-0.39, 0.29) is 5.63 Å². The monoisotopic (exact) mass is 362 g/mol. The summed E-state index contributed by atoms with van der Waals surface area (Å²) in [5.41, 5.74) is -0.297. The van der Waals surface area contributed by atoms with E-state index in [1.165, 1.54) is 0 Å². The lowest BCUT2D eigenvalue weighted by Gasteiger charge is -2.06. The summed E-state index contributed by atoms with van der Waals surface area (Å²) in [5, 5.41) is 2.04. The van der Waals surface area contributed by atoms with Crippen LogP contribution in [0.4, 0.5) is 0 Å². The molecule has 0 radical (unpaired) electrons. The van der Waals surface area contributed by atoms with E-state index in [0.29, 0.717) is 10.4 Å². The van der Waals surface area contributed by atoms with Crippen LogP contribution < -0.4 is 5.63 Å². The highest BCUT2D eigenvalue weighted by molar-refractivity contribution is 14.1. The van der Waals surface area contributed by atoms with Gasteiger partial charge in [0.05, 0.1) is 8.96 Å². The van der Waals surface area contributed by atoms with E-state index in [4.69, 9.17) is 16.0 Å². The zero-order valence-corrected chi connectivity index (χ0v) is 12.3. The van der Waals surface area contributed by atoms with Crippen molar-refractivity contribution >= 4 is 45.0 Å². The topological polar surface area (TPSA) is 30.2 Å². The molecule has 0 aliphatic heterocycles. The Morgan fingerprint density at radius 2 is 2.12 bits per heavy atom. The lowest BCUT2D eigenvalue weighted by atomic mass is 10.1. The minimum Gasteiger partial charge on any atom is -0.426 e. The van der Waals surface area contributed by atoms with Crippen LogP contribution in [0.15, 0.2) is 27.4 Å². The maximum absolute atomic E-state index is 11.8. The molecule has 0 N–H and O–H groups in total. The lowest BCUT2D eigenvalue weighted by Crippen LogP contribution is -2.05. The zero-order chi connectivity index (χ0) is 12.4. The Bertz CT molecular complexity index is 604. The molecule has 1 heterocycles. The average molecular weight is 363 g/mol. The molecule has 2 aromatic rings. The highest BCUT2D eigenvalue weighted by Crippen LogP contribution is 2.25. The summed E-state index contributed by atoms with van der Waals surface area (Å²) in [5.74, 6) is 0.785. The third-order valence-electron chi connectivity index (χ3n) is 2.66. The van der Waals surface area contributed by atoms with Crippen molar-refractivity contribution in [1.82, 2.24) is 0 Å². The van der Waals surface area contributed by atoms with Crippen LogP contribution in [0.1, 0.15) is 25.5 Å². The van der Waals surface area contributed by atoms with Crippen LogP contribution in [0.25, 0.3) is 10.8 Å². The summed E-state index contributed by atoms with van der Waals surface area (Å²) in [6, 6.07) is 5.34. The maximum atomic E-state index is 11.8. The average Bonchev–Trinajstić information content (AvgIpc) is 2.32. The van der Waals surface area contributed by atoms with Gasteiger partial charge in [0.1, 0.15) is 5.76 Å². The summed E-state index contributed by atoms with van der Waals surface area (Å²) in [7, 11) is 0. The van der Waals surface area contributed by atoms with Gasteiger partial charge in [0.2, 0.25) is 0 Å². The number of hydrogen-bond donors (Lipinski definition) is 0. The van der Waals surface area contributed by atoms with E-state index in [1.54, 1.807) is 12.1 Å². The molecule has 2 nitrogen and oxygen atoms in total. The van der Waals surface area contributed by atoms with Crippen LogP contribution in [0.2, 0.25) is 5.02 Å². The standard InChI is InChI=1S/C13H12ClIO2/c1-2-3-4-11-12(15)9-6-5-8(14)7-10(9)13(16)17-11/h5-7H,2-4H2,1H3. The van der Waals surface area contributed by atoms with Gasteiger partial charge >= 0.3 is 5.63 Å². The molecule has 4 heteroatoms. The first-order chi connectivity index (χ1) is 8.13. The van der Waals surface area contributed by atoms with Gasteiger partial charge in [0.15, 0.2) is 0 Å². The second-order valence-corrected chi connectivity index (χ2v) is 5.44. The van der Waals surface area contributed by atoms with Gasteiger partial charge in [-0.15, -0.1) is 0 Å². The first kappa shape index (κ1) is 12.9. The van der Waals surface area contributed by atoms with Crippen LogP contribution in [0.5, 0.6) is 0 Å². The van der Waals surface area contributed by atoms with Crippen LogP contribution in [0.3, 0.4) is 0 Å². The van der Waals surface area contributed by atoms with Crippen molar-refractivity contribution in [2.24, 2.45) is 0 Å². The Morgan fingerprint density at radius 1 is 1.35 bits per heavy atom. The fraction of sp³-hybridized carbons (Fsp3) is 0.308. The molecule has 0 fully saturated rings. The van der Waals surface area contributed by atoms with Gasteiger partial charge in [-0.25, -0.2) is 4.79 Å². The summed E-state index contributed by atoms with van der Waals surface area (Å²) < 4.78 is 6.37. The zero-order valence-electron chi connectivity index (χ0n) is 9.43. The normalized spacial score (nSPS) is 11.0. The van der Waals surface area contributed by atoms with Crippen molar-refractivity contribution in [2.75, 3.05) is 0 Å². The second-order valence-electron chi connectivity index (χ2n) is 3.92. The number of halogens is 2. The quantitative estimate of drug-likeness (QED) is 0.758. The van der Waals surface area contributed by atoms with Gasteiger partial charge in [-0.2, -0.15) is 0 Å². The molecule has 90 valence electrons. The van der Waals surface area contributed by atoms with Crippen molar-refractivity contribution in [2.45, 2.75) is 26.2 Å². The molecule has 1 aromatic heterocycles. The van der Waals surface area contributed by atoms with Gasteiger partial charge in [-0.3, -0.25) is 0 Å². The predicted octanol–water partition coefficient (Wildman–Crippen LogP) is 4.39. The van der Waals surface area contributed by atoms with Crippen LogP contribution >= 0.6 is 34.2 Å². The minimum absolute atomic E-state index is 0.297. The Labute approximate surface area is 118 Å². The number of rotatable bonds is 3. The fourth-order valence-corrected chi connectivity index (χ4v) is 2.76. The van der Waals surface area contributed by atoms with E-state index in [1.807, 2.05) is 6.07 Å². The number of hydrogen-bond acceptors (Lipinski definition) is 2. The molecule has 0 bridgehead atoms. The molecule has 1 aromatic carbocycles. The van der Waals surface area contributed by atoms with Crippen molar-refractivity contribution < 1.29 is 4.42 Å². The summed E-state index contributed by atoms with van der Waals surface area (Å²) in [4.78, 5) is 11.8. The lowest BCUT2D eigenvalue weighted by molar-refractivity contribution is 0.456. The smallest absolute Gasteiger partial charge is 0.343 e. The van der Waals surface area contributed by atoms with Crippen LogP contribution in [0, 0.1) is 3.57 Å². The minimum atomic E-state index is -0.297. The molecule has 17 heavy (non-hydrogen) atoms. The van der Waals surface area contributed by atoms with Gasteiger partial charge in [0.25, 0.3) is 0 Å².